The summed E-state index contributed by atoms with van der Waals surface area (Å²) >= 11 is 1.25. The second-order valence-corrected chi connectivity index (χ2v) is 5.76. The van der Waals surface area contributed by atoms with Crippen molar-refractivity contribution >= 4 is 21.5 Å². The van der Waals surface area contributed by atoms with Gasteiger partial charge in [-0.3, -0.25) is 0 Å². The largest absolute Gasteiger partial charge is 0.534 e. The summed E-state index contributed by atoms with van der Waals surface area (Å²) in [5.74, 6) is -2.26. The van der Waals surface area contributed by atoms with Crippen molar-refractivity contribution in [3.8, 4) is 17.0 Å². The lowest BCUT2D eigenvalue weighted by Gasteiger charge is -2.10. The summed E-state index contributed by atoms with van der Waals surface area (Å²) in [6, 6.07) is 2.85. The van der Waals surface area contributed by atoms with Gasteiger partial charge in [0.2, 0.25) is 0 Å². The second-order valence-electron chi connectivity index (χ2n) is 3.50. The van der Waals surface area contributed by atoms with Gasteiger partial charge in [0.15, 0.2) is 11.6 Å². The quantitative estimate of drug-likeness (QED) is 0.494. The molecule has 20 heavy (non-hydrogen) atoms. The SMILES string of the molecule is O=S(=O)(Oc1ccc(-c2cscn2)cc1F)C(F)(F)F. The molecule has 0 unspecified atom stereocenters. The molecule has 0 spiro atoms. The first kappa shape index (κ1) is 14.7. The van der Waals surface area contributed by atoms with Crippen molar-refractivity contribution in [2.75, 3.05) is 0 Å². The highest BCUT2D eigenvalue weighted by molar-refractivity contribution is 7.88. The number of hydrogen-bond donors (Lipinski definition) is 0. The predicted octanol–water partition coefficient (Wildman–Crippen LogP) is 3.18. The fraction of sp³-hybridized carbons (Fsp3) is 0.100. The van der Waals surface area contributed by atoms with Crippen LogP contribution in [0.5, 0.6) is 5.75 Å². The summed E-state index contributed by atoms with van der Waals surface area (Å²) in [6.07, 6.45) is 0. The van der Waals surface area contributed by atoms with E-state index in [0.29, 0.717) is 11.3 Å². The van der Waals surface area contributed by atoms with E-state index in [9.17, 15) is 26.0 Å². The molecule has 0 saturated heterocycles. The third-order valence-corrected chi connectivity index (χ3v) is 3.70. The molecule has 1 aromatic heterocycles. The summed E-state index contributed by atoms with van der Waals surface area (Å²) in [5.41, 5.74) is -3.42. The first-order valence-corrected chi connectivity index (χ1v) is 7.25. The Morgan fingerprint density at radius 1 is 1.25 bits per heavy atom. The van der Waals surface area contributed by atoms with Crippen LogP contribution in [0, 0.1) is 5.82 Å². The van der Waals surface area contributed by atoms with E-state index in [1.807, 2.05) is 0 Å². The Kier molecular flexibility index (Phi) is 3.69. The number of halogens is 4. The van der Waals surface area contributed by atoms with Crippen molar-refractivity contribution < 1.29 is 30.2 Å². The number of alkyl halides is 3. The standard InChI is InChI=1S/C10H5F4NO3S2/c11-7-3-6(8-4-19-5-15-8)1-2-9(7)18-20(16,17)10(12,13)14/h1-5H. The van der Waals surface area contributed by atoms with Gasteiger partial charge in [0.05, 0.1) is 11.2 Å². The maximum atomic E-state index is 13.6. The van der Waals surface area contributed by atoms with Crippen LogP contribution in [-0.4, -0.2) is 18.9 Å². The number of hydrogen-bond acceptors (Lipinski definition) is 5. The smallest absolute Gasteiger partial charge is 0.373 e. The lowest BCUT2D eigenvalue weighted by atomic mass is 10.1. The minimum atomic E-state index is -5.89. The molecule has 0 aliphatic carbocycles. The predicted molar refractivity (Wildman–Crippen MR) is 63.1 cm³/mol. The molecular weight excluding hydrogens is 322 g/mol. The molecule has 0 fully saturated rings. The lowest BCUT2D eigenvalue weighted by molar-refractivity contribution is -0.0500. The zero-order valence-corrected chi connectivity index (χ0v) is 11.0. The zero-order chi connectivity index (χ0) is 15.0. The monoisotopic (exact) mass is 327 g/mol. The van der Waals surface area contributed by atoms with Crippen molar-refractivity contribution in [2.45, 2.75) is 5.51 Å². The molecule has 0 N–H and O–H groups in total. The van der Waals surface area contributed by atoms with E-state index < -0.39 is 27.2 Å². The molecule has 1 heterocycles. The highest BCUT2D eigenvalue weighted by Crippen LogP contribution is 2.30. The Hall–Kier alpha value is -1.68. The summed E-state index contributed by atoms with van der Waals surface area (Å²) in [6.45, 7) is 0. The Labute approximate surface area is 114 Å². The number of benzene rings is 1. The van der Waals surface area contributed by atoms with E-state index in [0.717, 1.165) is 12.1 Å². The average Bonchev–Trinajstić information content (AvgIpc) is 2.83. The molecule has 0 radical (unpaired) electrons. The molecule has 4 nitrogen and oxygen atoms in total. The van der Waals surface area contributed by atoms with Gasteiger partial charge in [0, 0.05) is 10.9 Å². The Morgan fingerprint density at radius 2 is 1.95 bits per heavy atom. The Morgan fingerprint density at radius 3 is 2.45 bits per heavy atom. The van der Waals surface area contributed by atoms with E-state index in [1.165, 1.54) is 22.9 Å². The maximum absolute atomic E-state index is 13.6. The van der Waals surface area contributed by atoms with Crippen LogP contribution in [-0.2, 0) is 10.1 Å². The van der Waals surface area contributed by atoms with Crippen molar-refractivity contribution in [1.29, 1.82) is 0 Å². The van der Waals surface area contributed by atoms with E-state index in [1.54, 1.807) is 5.38 Å². The summed E-state index contributed by atoms with van der Waals surface area (Å²) < 4.78 is 75.2. The molecule has 0 bridgehead atoms. The number of thiazole rings is 1. The van der Waals surface area contributed by atoms with Crippen molar-refractivity contribution in [1.82, 2.24) is 4.98 Å². The molecular formula is C10H5F4NO3S2. The van der Waals surface area contributed by atoms with Crippen molar-refractivity contribution in [3.05, 3.63) is 34.9 Å². The summed E-state index contributed by atoms with van der Waals surface area (Å²) in [4.78, 5) is 3.88. The van der Waals surface area contributed by atoms with Gasteiger partial charge in [-0.2, -0.15) is 21.6 Å². The van der Waals surface area contributed by atoms with Crippen molar-refractivity contribution in [2.24, 2.45) is 0 Å². The first-order chi connectivity index (χ1) is 9.21. The molecule has 2 rings (SSSR count). The fourth-order valence-corrected chi connectivity index (χ4v) is 2.28. The van der Waals surface area contributed by atoms with Crippen LogP contribution in [0.4, 0.5) is 17.6 Å². The van der Waals surface area contributed by atoms with Crippen LogP contribution in [0.2, 0.25) is 0 Å². The van der Waals surface area contributed by atoms with Crippen molar-refractivity contribution in [3.63, 3.8) is 0 Å². The number of aromatic nitrogens is 1. The minimum Gasteiger partial charge on any atom is -0.373 e. The lowest BCUT2D eigenvalue weighted by Crippen LogP contribution is -2.28. The van der Waals surface area contributed by atoms with Gasteiger partial charge in [0.25, 0.3) is 0 Å². The molecule has 0 aliphatic heterocycles. The van der Waals surface area contributed by atoms with Gasteiger partial charge in [-0.15, -0.1) is 11.3 Å². The molecule has 10 heteroatoms. The van der Waals surface area contributed by atoms with Crippen LogP contribution < -0.4 is 4.18 Å². The van der Waals surface area contributed by atoms with Crippen LogP contribution in [0.1, 0.15) is 0 Å². The number of nitrogens with zero attached hydrogens (tertiary/aromatic N) is 1. The van der Waals surface area contributed by atoms with E-state index >= 15 is 0 Å². The van der Waals surface area contributed by atoms with Crippen LogP contribution in [0.3, 0.4) is 0 Å². The van der Waals surface area contributed by atoms with E-state index in [4.69, 9.17) is 0 Å². The average molecular weight is 327 g/mol. The van der Waals surface area contributed by atoms with Gasteiger partial charge in [-0.05, 0) is 18.2 Å². The third kappa shape index (κ3) is 2.90. The van der Waals surface area contributed by atoms with Crippen LogP contribution >= 0.6 is 11.3 Å². The zero-order valence-electron chi connectivity index (χ0n) is 9.39. The van der Waals surface area contributed by atoms with E-state index in [2.05, 4.69) is 9.17 Å². The van der Waals surface area contributed by atoms with Gasteiger partial charge in [-0.25, -0.2) is 9.37 Å². The molecule has 0 aliphatic rings. The number of rotatable bonds is 3. The molecule has 1 aromatic carbocycles. The van der Waals surface area contributed by atoms with Crippen LogP contribution in [0.15, 0.2) is 29.1 Å². The fourth-order valence-electron chi connectivity index (χ4n) is 1.25. The summed E-state index contributed by atoms with van der Waals surface area (Å²) in [5, 5.41) is 1.60. The van der Waals surface area contributed by atoms with Gasteiger partial charge >= 0.3 is 15.6 Å². The minimum absolute atomic E-state index is 0.292. The molecule has 0 saturated carbocycles. The maximum Gasteiger partial charge on any atom is 0.534 e. The topological polar surface area (TPSA) is 56.3 Å². The highest BCUT2D eigenvalue weighted by atomic mass is 32.2. The van der Waals surface area contributed by atoms with Gasteiger partial charge in [-0.1, -0.05) is 0 Å². The first-order valence-electron chi connectivity index (χ1n) is 4.89. The van der Waals surface area contributed by atoms with Gasteiger partial charge in [0.1, 0.15) is 0 Å². The molecule has 2 aromatic rings. The molecule has 108 valence electrons. The Bertz CT molecular complexity index is 711. The second kappa shape index (κ2) is 5.02. The summed E-state index contributed by atoms with van der Waals surface area (Å²) in [7, 11) is -5.89. The molecule has 0 atom stereocenters. The normalized spacial score (nSPS) is 12.4. The molecule has 0 amide bonds. The Balaban J connectivity index is 2.32. The van der Waals surface area contributed by atoms with E-state index in [-0.39, 0.29) is 0 Å². The van der Waals surface area contributed by atoms with Crippen LogP contribution in [0.25, 0.3) is 11.3 Å². The highest BCUT2D eigenvalue weighted by Gasteiger charge is 2.48. The third-order valence-electron chi connectivity index (χ3n) is 2.14. The van der Waals surface area contributed by atoms with Gasteiger partial charge < -0.3 is 4.18 Å².